The Labute approximate surface area is 108 Å². The largest absolute Gasteiger partial charge is 0.351 e. The van der Waals surface area contributed by atoms with Crippen molar-refractivity contribution in [3.63, 3.8) is 0 Å². The van der Waals surface area contributed by atoms with E-state index in [4.69, 9.17) is 0 Å². The van der Waals surface area contributed by atoms with Gasteiger partial charge in [-0.3, -0.25) is 4.79 Å². The summed E-state index contributed by atoms with van der Waals surface area (Å²) in [4.78, 5) is 11.3. The molecule has 0 aliphatic carbocycles. The fourth-order valence-corrected chi connectivity index (χ4v) is 2.61. The van der Waals surface area contributed by atoms with E-state index in [9.17, 15) is 4.79 Å². The van der Waals surface area contributed by atoms with Crippen molar-refractivity contribution >= 4 is 5.91 Å². The Morgan fingerprint density at radius 3 is 2.06 bits per heavy atom. The fourth-order valence-electron chi connectivity index (χ4n) is 2.61. The highest BCUT2D eigenvalue weighted by Gasteiger charge is 2.27. The summed E-state index contributed by atoms with van der Waals surface area (Å²) in [6.07, 6.45) is 11.0. The zero-order valence-corrected chi connectivity index (χ0v) is 12.3. The summed E-state index contributed by atoms with van der Waals surface area (Å²) < 4.78 is 0. The van der Waals surface area contributed by atoms with Crippen molar-refractivity contribution in [1.82, 2.24) is 5.32 Å². The Balaban J connectivity index is 4.11. The van der Waals surface area contributed by atoms with Gasteiger partial charge in [0.25, 0.3) is 0 Å². The molecule has 0 aliphatic rings. The molecule has 0 aliphatic heterocycles. The van der Waals surface area contributed by atoms with Crippen LogP contribution in [0.2, 0.25) is 0 Å². The van der Waals surface area contributed by atoms with Crippen LogP contribution in [0.4, 0.5) is 0 Å². The summed E-state index contributed by atoms with van der Waals surface area (Å²) >= 11 is 0. The van der Waals surface area contributed by atoms with Gasteiger partial charge in [0, 0.05) is 12.5 Å². The molecule has 102 valence electrons. The van der Waals surface area contributed by atoms with E-state index in [0.717, 1.165) is 25.7 Å². The molecule has 0 spiro atoms. The quantitative estimate of drug-likeness (QED) is 0.563. The molecule has 17 heavy (non-hydrogen) atoms. The van der Waals surface area contributed by atoms with Crippen molar-refractivity contribution in [2.75, 3.05) is 0 Å². The first kappa shape index (κ1) is 16.5. The molecule has 0 saturated heterocycles. The molecular formula is C15H31NO. The molecule has 0 fully saturated rings. The van der Waals surface area contributed by atoms with Crippen molar-refractivity contribution in [1.29, 1.82) is 0 Å². The summed E-state index contributed by atoms with van der Waals surface area (Å²) in [7, 11) is 0. The molecule has 0 heterocycles. The van der Waals surface area contributed by atoms with Crippen LogP contribution in [0.3, 0.4) is 0 Å². The Morgan fingerprint density at radius 2 is 1.59 bits per heavy atom. The lowest BCUT2D eigenvalue weighted by molar-refractivity contribution is -0.121. The average Bonchev–Trinajstić information content (AvgIpc) is 2.28. The number of nitrogens with one attached hydrogen (secondary N) is 1. The number of hydrogen-bond donors (Lipinski definition) is 1. The molecule has 1 amide bonds. The maximum Gasteiger partial charge on any atom is 0.217 e. The van der Waals surface area contributed by atoms with E-state index in [1.54, 1.807) is 6.92 Å². The van der Waals surface area contributed by atoms with Gasteiger partial charge in [0.2, 0.25) is 5.91 Å². The van der Waals surface area contributed by atoms with Crippen LogP contribution in [0.15, 0.2) is 0 Å². The molecule has 1 unspecified atom stereocenters. The van der Waals surface area contributed by atoms with Gasteiger partial charge in [0.1, 0.15) is 0 Å². The van der Waals surface area contributed by atoms with Gasteiger partial charge in [-0.2, -0.15) is 0 Å². The highest BCUT2D eigenvalue weighted by atomic mass is 16.1. The third-order valence-electron chi connectivity index (χ3n) is 3.61. The normalized spacial score (nSPS) is 14.4. The van der Waals surface area contributed by atoms with Crippen molar-refractivity contribution in [3.05, 3.63) is 0 Å². The smallest absolute Gasteiger partial charge is 0.217 e. The van der Waals surface area contributed by atoms with Gasteiger partial charge in [-0.25, -0.2) is 0 Å². The summed E-state index contributed by atoms with van der Waals surface area (Å²) in [5, 5.41) is 3.20. The minimum absolute atomic E-state index is 0.0623. The Bertz CT molecular complexity index is 203. The first-order chi connectivity index (χ1) is 8.10. The monoisotopic (exact) mass is 241 g/mol. The van der Waals surface area contributed by atoms with Crippen LogP contribution in [0, 0.1) is 0 Å². The third kappa shape index (κ3) is 7.40. The number of rotatable bonds is 10. The molecule has 0 bridgehead atoms. The molecular weight excluding hydrogens is 210 g/mol. The second-order valence-corrected chi connectivity index (χ2v) is 5.23. The van der Waals surface area contributed by atoms with Crippen LogP contribution >= 0.6 is 0 Å². The Kier molecular flexibility index (Phi) is 9.20. The molecule has 0 aromatic rings. The van der Waals surface area contributed by atoms with Gasteiger partial charge in [0.15, 0.2) is 0 Å². The van der Waals surface area contributed by atoms with Crippen molar-refractivity contribution in [3.8, 4) is 0 Å². The maximum atomic E-state index is 11.3. The number of unbranched alkanes of at least 4 members (excludes halogenated alkanes) is 4. The van der Waals surface area contributed by atoms with Crippen LogP contribution in [0.1, 0.15) is 85.5 Å². The first-order valence-corrected chi connectivity index (χ1v) is 7.39. The van der Waals surface area contributed by atoms with E-state index in [1.165, 1.54) is 32.1 Å². The summed E-state index contributed by atoms with van der Waals surface area (Å²) in [6, 6.07) is 0. The second-order valence-electron chi connectivity index (χ2n) is 5.23. The van der Waals surface area contributed by atoms with Crippen LogP contribution in [-0.2, 0) is 4.79 Å². The number of amides is 1. The number of carbonyl (C=O) groups excluding carboxylic acids is 1. The summed E-state index contributed by atoms with van der Waals surface area (Å²) in [6.45, 7) is 8.27. The van der Waals surface area contributed by atoms with Gasteiger partial charge < -0.3 is 5.32 Å². The van der Waals surface area contributed by atoms with E-state index in [0.29, 0.717) is 0 Å². The molecule has 2 heteroatoms. The van der Waals surface area contributed by atoms with Crippen molar-refractivity contribution in [2.24, 2.45) is 0 Å². The fraction of sp³-hybridized carbons (Fsp3) is 0.933. The molecule has 0 aromatic carbocycles. The Morgan fingerprint density at radius 1 is 0.941 bits per heavy atom. The van der Waals surface area contributed by atoms with Gasteiger partial charge in [-0.05, 0) is 19.3 Å². The lowest BCUT2D eigenvalue weighted by Gasteiger charge is -2.33. The van der Waals surface area contributed by atoms with Crippen molar-refractivity contribution in [2.45, 2.75) is 91.0 Å². The van der Waals surface area contributed by atoms with Gasteiger partial charge in [0.05, 0.1) is 0 Å². The summed E-state index contributed by atoms with van der Waals surface area (Å²) in [5.41, 5.74) is 0.0623. The first-order valence-electron chi connectivity index (χ1n) is 7.39. The third-order valence-corrected chi connectivity index (χ3v) is 3.61. The molecule has 1 N–H and O–H groups in total. The van der Waals surface area contributed by atoms with Crippen LogP contribution < -0.4 is 5.32 Å². The van der Waals surface area contributed by atoms with E-state index < -0.39 is 0 Å². The molecule has 2 nitrogen and oxygen atoms in total. The predicted octanol–water partition coefficient (Wildman–Crippen LogP) is 4.43. The minimum Gasteiger partial charge on any atom is -0.351 e. The minimum atomic E-state index is 0.0623. The summed E-state index contributed by atoms with van der Waals surface area (Å²) in [5.74, 6) is 0.119. The van der Waals surface area contributed by atoms with Gasteiger partial charge >= 0.3 is 0 Å². The lowest BCUT2D eigenvalue weighted by atomic mass is 9.85. The topological polar surface area (TPSA) is 29.1 Å². The zero-order valence-electron chi connectivity index (χ0n) is 12.3. The molecule has 0 aromatic heterocycles. The highest BCUT2D eigenvalue weighted by molar-refractivity contribution is 5.73. The standard InChI is InChI=1S/C15H31NO/c1-5-8-9-10-11-13-15(7-3,12-6-2)16-14(4)17/h5-13H2,1-4H3,(H,16,17). The number of hydrogen-bond acceptors (Lipinski definition) is 1. The zero-order chi connectivity index (χ0) is 13.1. The molecule has 0 rings (SSSR count). The Hall–Kier alpha value is -0.530. The molecule has 0 saturated carbocycles. The van der Waals surface area contributed by atoms with E-state index in [-0.39, 0.29) is 11.4 Å². The SMILES string of the molecule is CCCCCCCC(CC)(CCC)NC(C)=O. The molecule has 0 radical (unpaired) electrons. The van der Waals surface area contributed by atoms with Crippen LogP contribution in [0.5, 0.6) is 0 Å². The van der Waals surface area contributed by atoms with Crippen LogP contribution in [0.25, 0.3) is 0 Å². The van der Waals surface area contributed by atoms with E-state index >= 15 is 0 Å². The lowest BCUT2D eigenvalue weighted by Crippen LogP contribution is -2.47. The van der Waals surface area contributed by atoms with Crippen molar-refractivity contribution < 1.29 is 4.79 Å². The van der Waals surface area contributed by atoms with E-state index in [1.807, 2.05) is 0 Å². The maximum absolute atomic E-state index is 11.3. The number of carbonyl (C=O) groups is 1. The molecule has 1 atom stereocenters. The average molecular weight is 241 g/mol. The highest BCUT2D eigenvalue weighted by Crippen LogP contribution is 2.25. The van der Waals surface area contributed by atoms with Gasteiger partial charge in [-0.1, -0.05) is 59.3 Å². The van der Waals surface area contributed by atoms with Gasteiger partial charge in [-0.15, -0.1) is 0 Å². The van der Waals surface area contributed by atoms with Crippen LogP contribution in [-0.4, -0.2) is 11.4 Å². The van der Waals surface area contributed by atoms with E-state index in [2.05, 4.69) is 26.1 Å². The predicted molar refractivity (Wildman–Crippen MR) is 75.1 cm³/mol. The second kappa shape index (κ2) is 9.49.